The average Bonchev–Trinajstić information content (AvgIpc) is 2.99. The monoisotopic (exact) mass is 328 g/mol. The van der Waals surface area contributed by atoms with Crippen molar-refractivity contribution in [3.8, 4) is 0 Å². The fourth-order valence-electron chi connectivity index (χ4n) is 2.47. The van der Waals surface area contributed by atoms with Gasteiger partial charge >= 0.3 is 12.1 Å². The molecule has 0 unspecified atom stereocenters. The summed E-state index contributed by atoms with van der Waals surface area (Å²) in [5.41, 5.74) is -1.49. The van der Waals surface area contributed by atoms with E-state index in [-0.39, 0.29) is 19.1 Å². The van der Waals surface area contributed by atoms with Crippen LogP contribution in [0.3, 0.4) is 0 Å². The molecule has 1 fully saturated rings. The molecule has 0 bridgehead atoms. The molecule has 2 aliphatic heterocycles. The van der Waals surface area contributed by atoms with Gasteiger partial charge in [0.25, 0.3) is 0 Å². The Morgan fingerprint density at radius 1 is 1.30 bits per heavy atom. The number of methoxy groups -OCH3 is 1. The first kappa shape index (κ1) is 17.5. The van der Waals surface area contributed by atoms with Gasteiger partial charge in [0.1, 0.15) is 24.0 Å². The van der Waals surface area contributed by atoms with Crippen LogP contribution < -0.4 is 0 Å². The zero-order valence-electron chi connectivity index (χ0n) is 14.4. The molecule has 0 N–H and O–H groups in total. The lowest BCUT2D eigenvalue weighted by Crippen LogP contribution is -2.52. The highest BCUT2D eigenvalue weighted by Gasteiger charge is 2.50. The van der Waals surface area contributed by atoms with Gasteiger partial charge in [0.2, 0.25) is 5.90 Å². The molecule has 0 aromatic carbocycles. The number of esters is 1. The van der Waals surface area contributed by atoms with Gasteiger partial charge in [-0.1, -0.05) is 0 Å². The zero-order valence-corrected chi connectivity index (χ0v) is 14.4. The van der Waals surface area contributed by atoms with Crippen molar-refractivity contribution in [3.05, 3.63) is 0 Å². The summed E-state index contributed by atoms with van der Waals surface area (Å²) in [6.07, 6.45) is -0.516. The number of hydrogen-bond donors (Lipinski definition) is 0. The molecule has 2 atom stereocenters. The van der Waals surface area contributed by atoms with Gasteiger partial charge in [-0.15, -0.1) is 0 Å². The second-order valence-corrected chi connectivity index (χ2v) is 6.94. The van der Waals surface area contributed by atoms with Gasteiger partial charge in [0.05, 0.1) is 13.7 Å². The van der Waals surface area contributed by atoms with E-state index in [9.17, 15) is 9.59 Å². The van der Waals surface area contributed by atoms with Crippen LogP contribution >= 0.6 is 0 Å². The fourth-order valence-corrected chi connectivity index (χ4v) is 2.47. The predicted molar refractivity (Wildman–Crippen MR) is 81.1 cm³/mol. The summed E-state index contributed by atoms with van der Waals surface area (Å²) in [5, 5.41) is 0. The smallest absolute Gasteiger partial charge is 0.413 e. The van der Waals surface area contributed by atoms with Crippen LogP contribution in [0.1, 0.15) is 34.6 Å². The first-order chi connectivity index (χ1) is 10.5. The molecule has 8 nitrogen and oxygen atoms in total. The minimum Gasteiger partial charge on any atom is -0.476 e. The number of rotatable bonds is 2. The van der Waals surface area contributed by atoms with Gasteiger partial charge in [0.15, 0.2) is 6.04 Å². The highest BCUT2D eigenvalue weighted by molar-refractivity contribution is 5.91. The average molecular weight is 328 g/mol. The van der Waals surface area contributed by atoms with E-state index in [4.69, 9.17) is 14.2 Å². The maximum atomic E-state index is 12.5. The molecule has 130 valence electrons. The molecule has 0 spiro atoms. The molecule has 23 heavy (non-hydrogen) atoms. The molecule has 0 radical (unpaired) electrons. The van der Waals surface area contributed by atoms with Crippen molar-refractivity contribution >= 4 is 18.0 Å². The Labute approximate surface area is 135 Å². The SMILES string of the molecule is COC(=O)[C@@H]1COC([C@@H]2COC(C)(C)N2C(=O)OC(C)(C)C)=N1. The summed E-state index contributed by atoms with van der Waals surface area (Å²) in [7, 11) is 1.30. The number of hydrogen-bond acceptors (Lipinski definition) is 7. The van der Waals surface area contributed by atoms with Crippen LogP contribution in [0, 0.1) is 0 Å². The van der Waals surface area contributed by atoms with E-state index in [1.807, 2.05) is 0 Å². The first-order valence-electron chi connectivity index (χ1n) is 7.50. The lowest BCUT2D eigenvalue weighted by molar-refractivity contribution is -0.142. The summed E-state index contributed by atoms with van der Waals surface area (Å²) in [6, 6.07) is -1.24. The number of nitrogens with zero attached hydrogens (tertiary/aromatic N) is 2. The topological polar surface area (TPSA) is 86.7 Å². The van der Waals surface area contributed by atoms with E-state index in [0.29, 0.717) is 0 Å². The van der Waals surface area contributed by atoms with E-state index < -0.39 is 35.5 Å². The van der Waals surface area contributed by atoms with Gasteiger partial charge in [-0.3, -0.25) is 4.90 Å². The Kier molecular flexibility index (Phi) is 4.57. The van der Waals surface area contributed by atoms with Crippen molar-refractivity contribution in [1.82, 2.24) is 4.90 Å². The molecule has 0 aromatic heterocycles. The first-order valence-corrected chi connectivity index (χ1v) is 7.50. The molecule has 1 amide bonds. The van der Waals surface area contributed by atoms with E-state index in [2.05, 4.69) is 9.73 Å². The standard InChI is InChI=1S/C15H24N2O6/c1-14(2,3)23-13(19)17-10(8-22-15(17,4)5)11-16-9(7-21-11)12(18)20-6/h9-10H,7-8H2,1-6H3/t9-,10-/m0/s1. The van der Waals surface area contributed by atoms with Crippen molar-refractivity contribution in [2.75, 3.05) is 20.3 Å². The normalized spacial score (nSPS) is 26.5. The van der Waals surface area contributed by atoms with Gasteiger partial charge < -0.3 is 18.9 Å². The van der Waals surface area contributed by atoms with Crippen LogP contribution in [0.15, 0.2) is 4.99 Å². The van der Waals surface area contributed by atoms with E-state index in [1.165, 1.54) is 12.0 Å². The lowest BCUT2D eigenvalue weighted by Gasteiger charge is -2.34. The Hall–Kier alpha value is -1.83. The second kappa shape index (κ2) is 5.99. The van der Waals surface area contributed by atoms with Crippen molar-refractivity contribution < 1.29 is 28.5 Å². The zero-order chi connectivity index (χ0) is 17.4. The molecule has 0 aliphatic carbocycles. The minimum atomic E-state index is -0.859. The molecule has 2 aliphatic rings. The number of carbonyl (C=O) groups excluding carboxylic acids is 2. The summed E-state index contributed by atoms with van der Waals surface area (Å²) in [6.45, 7) is 9.23. The largest absolute Gasteiger partial charge is 0.476 e. The maximum absolute atomic E-state index is 12.5. The summed E-state index contributed by atoms with van der Waals surface area (Å²) >= 11 is 0. The van der Waals surface area contributed by atoms with Crippen LogP contribution in [0.4, 0.5) is 4.79 Å². The summed E-state index contributed by atoms with van der Waals surface area (Å²) < 4.78 is 21.3. The van der Waals surface area contributed by atoms with Crippen molar-refractivity contribution in [2.24, 2.45) is 4.99 Å². The minimum absolute atomic E-state index is 0.0983. The Morgan fingerprint density at radius 2 is 1.96 bits per heavy atom. The van der Waals surface area contributed by atoms with Crippen LogP contribution in [0.25, 0.3) is 0 Å². The molecular formula is C15H24N2O6. The van der Waals surface area contributed by atoms with Gasteiger partial charge in [0, 0.05) is 0 Å². The lowest BCUT2D eigenvalue weighted by atomic mass is 10.2. The molecule has 1 saturated heterocycles. The molecule has 0 saturated carbocycles. The maximum Gasteiger partial charge on any atom is 0.413 e. The van der Waals surface area contributed by atoms with Gasteiger partial charge in [-0.2, -0.15) is 0 Å². The third kappa shape index (κ3) is 3.74. The quantitative estimate of drug-likeness (QED) is 0.711. The van der Waals surface area contributed by atoms with Crippen LogP contribution in [0.2, 0.25) is 0 Å². The van der Waals surface area contributed by atoms with Crippen molar-refractivity contribution in [2.45, 2.75) is 58.0 Å². The Morgan fingerprint density at radius 3 is 2.52 bits per heavy atom. The van der Waals surface area contributed by atoms with Crippen molar-refractivity contribution in [1.29, 1.82) is 0 Å². The number of aliphatic imine (C=N–C) groups is 1. The van der Waals surface area contributed by atoms with E-state index in [1.54, 1.807) is 34.6 Å². The Bertz CT molecular complexity index is 523. The second-order valence-electron chi connectivity index (χ2n) is 6.94. The third-order valence-electron chi connectivity index (χ3n) is 3.51. The fraction of sp³-hybridized carbons (Fsp3) is 0.800. The molecule has 2 heterocycles. The summed E-state index contributed by atoms with van der Waals surface area (Å²) in [5.74, 6) is -0.182. The van der Waals surface area contributed by atoms with Crippen LogP contribution in [-0.4, -0.2) is 66.6 Å². The van der Waals surface area contributed by atoms with Gasteiger partial charge in [-0.05, 0) is 34.6 Å². The molecule has 2 rings (SSSR count). The van der Waals surface area contributed by atoms with Gasteiger partial charge in [-0.25, -0.2) is 14.6 Å². The van der Waals surface area contributed by atoms with Crippen LogP contribution in [-0.2, 0) is 23.7 Å². The van der Waals surface area contributed by atoms with Crippen molar-refractivity contribution in [3.63, 3.8) is 0 Å². The molecule has 0 aromatic rings. The Balaban J connectivity index is 2.21. The number of amides is 1. The summed E-state index contributed by atoms with van der Waals surface area (Å²) in [4.78, 5) is 29.8. The third-order valence-corrected chi connectivity index (χ3v) is 3.51. The highest BCUT2D eigenvalue weighted by atomic mass is 16.6. The van der Waals surface area contributed by atoms with E-state index in [0.717, 1.165) is 0 Å². The molecule has 8 heteroatoms. The predicted octanol–water partition coefficient (Wildman–Crippen LogP) is 1.33. The van der Waals surface area contributed by atoms with E-state index >= 15 is 0 Å². The molecular weight excluding hydrogens is 304 g/mol. The highest BCUT2D eigenvalue weighted by Crippen LogP contribution is 2.31. The number of ether oxygens (including phenoxy) is 4. The van der Waals surface area contributed by atoms with Crippen LogP contribution in [0.5, 0.6) is 0 Å². The number of carbonyl (C=O) groups is 2.